The fourth-order valence-corrected chi connectivity index (χ4v) is 3.01. The molecule has 5 heteroatoms. The lowest BCUT2D eigenvalue weighted by Crippen LogP contribution is -2.32. The van der Waals surface area contributed by atoms with Gasteiger partial charge in [-0.05, 0) is 26.7 Å². The Bertz CT molecular complexity index is 404. The zero-order valence-electron chi connectivity index (χ0n) is 11.6. The molecule has 0 spiro atoms. The Morgan fingerprint density at radius 3 is 2.56 bits per heavy atom. The molecular formula is C13H22N2O2S. The summed E-state index contributed by atoms with van der Waals surface area (Å²) in [4.78, 5) is 18.3. The highest BCUT2D eigenvalue weighted by atomic mass is 32.1. The number of aromatic nitrogens is 1. The molecule has 4 nitrogen and oxygen atoms in total. The van der Waals surface area contributed by atoms with Gasteiger partial charge < -0.3 is 10.0 Å². The molecular weight excluding hydrogens is 248 g/mol. The number of hydrogen-bond acceptors (Lipinski definition) is 4. The third-order valence-corrected chi connectivity index (χ3v) is 4.20. The van der Waals surface area contributed by atoms with Crippen molar-refractivity contribution in [2.24, 2.45) is 0 Å². The van der Waals surface area contributed by atoms with Gasteiger partial charge in [0.25, 0.3) is 0 Å². The summed E-state index contributed by atoms with van der Waals surface area (Å²) in [5.74, 6) is -0.859. The van der Waals surface area contributed by atoms with Crippen LogP contribution in [0.5, 0.6) is 0 Å². The van der Waals surface area contributed by atoms with Crippen LogP contribution < -0.4 is 4.90 Å². The summed E-state index contributed by atoms with van der Waals surface area (Å²) in [5, 5.41) is 10.0. The molecule has 1 N–H and O–H groups in total. The van der Waals surface area contributed by atoms with Crippen LogP contribution in [0, 0.1) is 0 Å². The fourth-order valence-electron chi connectivity index (χ4n) is 1.89. The van der Waals surface area contributed by atoms with Crippen LogP contribution in [0.4, 0.5) is 5.13 Å². The van der Waals surface area contributed by atoms with Crippen LogP contribution in [0.2, 0.25) is 0 Å². The van der Waals surface area contributed by atoms with E-state index in [1.54, 1.807) is 0 Å². The van der Waals surface area contributed by atoms with Gasteiger partial charge in [0.1, 0.15) is 4.88 Å². The number of rotatable bonds is 7. The number of carboxylic acids is 1. The molecule has 1 atom stereocenters. The lowest BCUT2D eigenvalue weighted by Gasteiger charge is -2.26. The highest BCUT2D eigenvalue weighted by Gasteiger charge is 2.21. The van der Waals surface area contributed by atoms with E-state index in [2.05, 4.69) is 30.7 Å². The summed E-state index contributed by atoms with van der Waals surface area (Å²) in [7, 11) is 0. The van der Waals surface area contributed by atoms with E-state index in [0.29, 0.717) is 10.9 Å². The summed E-state index contributed by atoms with van der Waals surface area (Å²) in [6.45, 7) is 9.24. The Hall–Kier alpha value is -1.10. The molecule has 1 unspecified atom stereocenters. The molecule has 1 rings (SSSR count). The van der Waals surface area contributed by atoms with Crippen molar-refractivity contribution in [2.45, 2.75) is 53.0 Å². The molecule has 1 heterocycles. The van der Waals surface area contributed by atoms with Crippen molar-refractivity contribution >= 4 is 22.4 Å². The predicted molar refractivity (Wildman–Crippen MR) is 75.8 cm³/mol. The van der Waals surface area contributed by atoms with Crippen LogP contribution in [0.3, 0.4) is 0 Å². The van der Waals surface area contributed by atoms with Gasteiger partial charge in [0, 0.05) is 12.6 Å². The van der Waals surface area contributed by atoms with Crippen molar-refractivity contribution < 1.29 is 9.90 Å². The van der Waals surface area contributed by atoms with E-state index in [0.717, 1.165) is 36.6 Å². The maximum Gasteiger partial charge on any atom is 0.347 e. The molecule has 1 aromatic rings. The number of thiazole rings is 1. The van der Waals surface area contributed by atoms with E-state index in [-0.39, 0.29) is 0 Å². The highest BCUT2D eigenvalue weighted by molar-refractivity contribution is 7.17. The Morgan fingerprint density at radius 2 is 2.11 bits per heavy atom. The largest absolute Gasteiger partial charge is 0.477 e. The number of anilines is 1. The normalized spacial score (nSPS) is 12.4. The van der Waals surface area contributed by atoms with E-state index in [1.165, 1.54) is 11.3 Å². The minimum Gasteiger partial charge on any atom is -0.477 e. The Kier molecular flexibility index (Phi) is 5.59. The molecule has 0 aliphatic rings. The minimum atomic E-state index is -0.859. The first kappa shape index (κ1) is 15.0. The second-order valence-corrected chi connectivity index (χ2v) is 5.35. The molecule has 0 aromatic carbocycles. The van der Waals surface area contributed by atoms with Crippen LogP contribution in [0.15, 0.2) is 0 Å². The molecule has 0 amide bonds. The molecule has 102 valence electrons. The van der Waals surface area contributed by atoms with Crippen LogP contribution in [0.1, 0.15) is 55.9 Å². The summed E-state index contributed by atoms with van der Waals surface area (Å²) in [6, 6.07) is 0.386. The first-order chi connectivity index (χ1) is 8.54. The second-order valence-electron chi connectivity index (χ2n) is 4.37. The van der Waals surface area contributed by atoms with Gasteiger partial charge in [-0.3, -0.25) is 0 Å². The van der Waals surface area contributed by atoms with Crippen molar-refractivity contribution in [3.63, 3.8) is 0 Å². The van der Waals surface area contributed by atoms with Crippen molar-refractivity contribution in [1.82, 2.24) is 4.98 Å². The molecule has 0 saturated heterocycles. The van der Waals surface area contributed by atoms with Gasteiger partial charge in [0.05, 0.1) is 5.69 Å². The number of carbonyl (C=O) groups is 1. The third-order valence-electron chi connectivity index (χ3n) is 3.08. The van der Waals surface area contributed by atoms with Gasteiger partial charge in [-0.15, -0.1) is 0 Å². The average molecular weight is 270 g/mol. The minimum absolute atomic E-state index is 0.386. The van der Waals surface area contributed by atoms with Gasteiger partial charge >= 0.3 is 5.97 Å². The van der Waals surface area contributed by atoms with Gasteiger partial charge in [-0.25, -0.2) is 9.78 Å². The summed E-state index contributed by atoms with van der Waals surface area (Å²) < 4.78 is 0. The van der Waals surface area contributed by atoms with Crippen molar-refractivity contribution in [2.75, 3.05) is 11.4 Å². The van der Waals surface area contributed by atoms with E-state index >= 15 is 0 Å². The van der Waals surface area contributed by atoms with Crippen LogP contribution in [-0.2, 0) is 6.42 Å². The van der Waals surface area contributed by atoms with Gasteiger partial charge in [-0.2, -0.15) is 0 Å². The van der Waals surface area contributed by atoms with Crippen LogP contribution in [-0.4, -0.2) is 28.6 Å². The van der Waals surface area contributed by atoms with Crippen molar-refractivity contribution in [3.8, 4) is 0 Å². The van der Waals surface area contributed by atoms with E-state index in [1.807, 2.05) is 6.92 Å². The lowest BCUT2D eigenvalue weighted by molar-refractivity contribution is 0.0700. The topological polar surface area (TPSA) is 53.4 Å². The molecule has 1 aromatic heterocycles. The SMILES string of the molecule is CCCc1nc(N(CC)C(C)CC)sc1C(=O)O. The van der Waals surface area contributed by atoms with Crippen LogP contribution in [0.25, 0.3) is 0 Å². The first-order valence-corrected chi connectivity index (χ1v) is 7.36. The van der Waals surface area contributed by atoms with Crippen LogP contribution >= 0.6 is 11.3 Å². The van der Waals surface area contributed by atoms with E-state index < -0.39 is 5.97 Å². The van der Waals surface area contributed by atoms with Gasteiger partial charge in [0.15, 0.2) is 5.13 Å². The molecule has 0 saturated carbocycles. The Balaban J connectivity index is 3.08. The lowest BCUT2D eigenvalue weighted by atomic mass is 10.2. The zero-order valence-corrected chi connectivity index (χ0v) is 12.4. The molecule has 0 bridgehead atoms. The average Bonchev–Trinajstić information content (AvgIpc) is 2.74. The molecule has 0 radical (unpaired) electrons. The molecule has 18 heavy (non-hydrogen) atoms. The maximum absolute atomic E-state index is 11.2. The number of carboxylic acid groups (broad SMARTS) is 1. The van der Waals surface area contributed by atoms with E-state index in [9.17, 15) is 9.90 Å². The van der Waals surface area contributed by atoms with E-state index in [4.69, 9.17) is 0 Å². The van der Waals surface area contributed by atoms with Gasteiger partial charge in [0.2, 0.25) is 0 Å². The quantitative estimate of drug-likeness (QED) is 0.825. The monoisotopic (exact) mass is 270 g/mol. The number of aryl methyl sites for hydroxylation is 1. The maximum atomic E-state index is 11.2. The number of aromatic carboxylic acids is 1. The standard InChI is InChI=1S/C13H22N2O2S/c1-5-8-10-11(12(16)17)18-13(14-10)15(7-3)9(4)6-2/h9H,5-8H2,1-4H3,(H,16,17). The highest BCUT2D eigenvalue weighted by Crippen LogP contribution is 2.29. The predicted octanol–water partition coefficient (Wildman–Crippen LogP) is 3.42. The Morgan fingerprint density at radius 1 is 1.44 bits per heavy atom. The smallest absolute Gasteiger partial charge is 0.347 e. The van der Waals surface area contributed by atoms with Gasteiger partial charge in [-0.1, -0.05) is 31.6 Å². The number of hydrogen-bond donors (Lipinski definition) is 1. The fraction of sp³-hybridized carbons (Fsp3) is 0.692. The third kappa shape index (κ3) is 3.22. The summed E-state index contributed by atoms with van der Waals surface area (Å²) in [6.07, 6.45) is 2.67. The molecule has 0 aliphatic carbocycles. The number of nitrogens with zero attached hydrogens (tertiary/aromatic N) is 2. The molecule has 0 aliphatic heterocycles. The first-order valence-electron chi connectivity index (χ1n) is 6.54. The summed E-state index contributed by atoms with van der Waals surface area (Å²) >= 11 is 1.30. The summed E-state index contributed by atoms with van der Waals surface area (Å²) in [5.41, 5.74) is 0.728. The van der Waals surface area contributed by atoms with Crippen molar-refractivity contribution in [3.05, 3.63) is 10.6 Å². The molecule has 0 fully saturated rings. The van der Waals surface area contributed by atoms with Crippen molar-refractivity contribution in [1.29, 1.82) is 0 Å². The zero-order chi connectivity index (χ0) is 13.7. The Labute approximate surface area is 113 Å². The second kappa shape index (κ2) is 6.73.